The largest absolute Gasteiger partial charge is 0.497 e. The number of amides is 2. The van der Waals surface area contributed by atoms with Crippen molar-refractivity contribution in [3.8, 4) is 11.5 Å². The summed E-state index contributed by atoms with van der Waals surface area (Å²) < 4.78 is 10.8. The first kappa shape index (κ1) is 27.2. The fourth-order valence-corrected chi connectivity index (χ4v) is 5.95. The Kier molecular flexibility index (Phi) is 7.95. The number of carbonyl (C=O) groups is 2. The average molecular weight is 552 g/mol. The van der Waals surface area contributed by atoms with Crippen molar-refractivity contribution >= 4 is 34.8 Å². The number of benzene rings is 2. The SMILES string of the molecule is COc1ccc(NC(=O)C2(N(C(=O)CN3C[C@@H](c4ccccc4)NC3=S)C3CC3)CCN(C)CC2)c(OC)c1. The fourth-order valence-electron chi connectivity index (χ4n) is 5.67. The lowest BCUT2D eigenvalue weighted by Gasteiger charge is -2.47. The molecule has 0 unspecified atom stereocenters. The minimum absolute atomic E-state index is 0.0315. The number of hydrogen-bond acceptors (Lipinski definition) is 6. The molecule has 9 nitrogen and oxygen atoms in total. The summed E-state index contributed by atoms with van der Waals surface area (Å²) in [5.74, 6) is 0.911. The quantitative estimate of drug-likeness (QED) is 0.460. The van der Waals surface area contributed by atoms with Gasteiger partial charge in [0, 0.05) is 31.7 Å². The fraction of sp³-hybridized carbons (Fsp3) is 0.483. The normalized spacial score (nSPS) is 20.7. The Morgan fingerprint density at radius 1 is 1.10 bits per heavy atom. The first-order valence-electron chi connectivity index (χ1n) is 13.5. The summed E-state index contributed by atoms with van der Waals surface area (Å²) in [6.45, 7) is 2.20. The Balaban J connectivity index is 1.38. The molecule has 208 valence electrons. The van der Waals surface area contributed by atoms with E-state index in [0.29, 0.717) is 41.7 Å². The van der Waals surface area contributed by atoms with E-state index in [9.17, 15) is 9.59 Å². The van der Waals surface area contributed by atoms with Crippen LogP contribution in [0.4, 0.5) is 5.69 Å². The minimum atomic E-state index is -0.955. The molecule has 2 amide bonds. The van der Waals surface area contributed by atoms with Crippen molar-refractivity contribution in [1.82, 2.24) is 20.0 Å². The van der Waals surface area contributed by atoms with E-state index in [4.69, 9.17) is 21.7 Å². The summed E-state index contributed by atoms with van der Waals surface area (Å²) >= 11 is 5.62. The van der Waals surface area contributed by atoms with E-state index >= 15 is 0 Å². The Labute approximate surface area is 235 Å². The predicted molar refractivity (Wildman–Crippen MR) is 154 cm³/mol. The summed E-state index contributed by atoms with van der Waals surface area (Å²) in [6.07, 6.45) is 2.92. The van der Waals surface area contributed by atoms with Crippen LogP contribution in [0.25, 0.3) is 0 Å². The highest BCUT2D eigenvalue weighted by Gasteiger charge is 2.53. The van der Waals surface area contributed by atoms with E-state index in [1.54, 1.807) is 32.4 Å². The number of nitrogens with zero attached hydrogens (tertiary/aromatic N) is 3. The third-order valence-corrected chi connectivity index (χ3v) is 8.43. The maximum Gasteiger partial charge on any atom is 0.250 e. The van der Waals surface area contributed by atoms with E-state index in [1.807, 2.05) is 28.0 Å². The summed E-state index contributed by atoms with van der Waals surface area (Å²) in [5.41, 5.74) is 0.734. The molecule has 0 radical (unpaired) electrons. The van der Waals surface area contributed by atoms with Crippen LogP contribution in [0.1, 0.15) is 37.3 Å². The number of carbonyl (C=O) groups excluding carboxylic acids is 2. The molecule has 2 aliphatic heterocycles. The van der Waals surface area contributed by atoms with Crippen molar-refractivity contribution in [1.29, 1.82) is 0 Å². The van der Waals surface area contributed by atoms with Gasteiger partial charge in [-0.25, -0.2) is 0 Å². The predicted octanol–water partition coefficient (Wildman–Crippen LogP) is 3.03. The number of nitrogens with one attached hydrogen (secondary N) is 2. The molecule has 39 heavy (non-hydrogen) atoms. The maximum absolute atomic E-state index is 14.2. The third kappa shape index (κ3) is 5.67. The van der Waals surface area contributed by atoms with E-state index < -0.39 is 5.54 Å². The van der Waals surface area contributed by atoms with Gasteiger partial charge in [0.2, 0.25) is 5.91 Å². The van der Waals surface area contributed by atoms with Crippen LogP contribution in [0.3, 0.4) is 0 Å². The first-order valence-corrected chi connectivity index (χ1v) is 13.9. The van der Waals surface area contributed by atoms with Gasteiger partial charge in [-0.3, -0.25) is 9.59 Å². The zero-order valence-corrected chi connectivity index (χ0v) is 23.6. The lowest BCUT2D eigenvalue weighted by atomic mass is 9.84. The van der Waals surface area contributed by atoms with Crippen LogP contribution in [-0.4, -0.2) is 90.7 Å². The Hall–Kier alpha value is -3.37. The topological polar surface area (TPSA) is 86.4 Å². The monoisotopic (exact) mass is 551 g/mol. The molecular formula is C29H37N5O4S. The Bertz CT molecular complexity index is 1210. The molecule has 0 bridgehead atoms. The van der Waals surface area contributed by atoms with E-state index in [-0.39, 0.29) is 30.4 Å². The van der Waals surface area contributed by atoms with E-state index in [1.165, 1.54) is 0 Å². The zero-order valence-electron chi connectivity index (χ0n) is 22.8. The van der Waals surface area contributed by atoms with Crippen LogP contribution in [0.15, 0.2) is 48.5 Å². The standard InChI is InChI=1S/C29H37N5O4S/c1-32-15-13-29(14-16-32,27(36)30-23-12-11-22(37-2)17-25(23)38-3)34(21-9-10-21)26(35)19-33-18-24(31-28(33)39)20-7-5-4-6-8-20/h4-8,11-12,17,21,24H,9-10,13-16,18-19H2,1-3H3,(H,30,36)(H,31,39)/t24-/m0/s1. The molecule has 2 aromatic rings. The summed E-state index contributed by atoms with van der Waals surface area (Å²) in [7, 11) is 5.20. The number of piperidine rings is 1. The number of ether oxygens (including phenoxy) is 2. The molecule has 1 atom stereocenters. The number of rotatable bonds is 9. The molecule has 5 rings (SSSR count). The summed E-state index contributed by atoms with van der Waals surface area (Å²) in [6, 6.07) is 15.5. The highest BCUT2D eigenvalue weighted by Crippen LogP contribution is 2.40. The van der Waals surface area contributed by atoms with Gasteiger partial charge in [-0.15, -0.1) is 0 Å². The maximum atomic E-state index is 14.2. The molecule has 10 heteroatoms. The van der Waals surface area contributed by atoms with Gasteiger partial charge in [-0.1, -0.05) is 30.3 Å². The Morgan fingerprint density at radius 3 is 2.46 bits per heavy atom. The van der Waals surface area contributed by atoms with Gasteiger partial charge in [-0.05, 0) is 62.6 Å². The van der Waals surface area contributed by atoms with E-state index in [2.05, 4.69) is 34.7 Å². The Morgan fingerprint density at radius 2 is 1.82 bits per heavy atom. The molecule has 2 heterocycles. The highest BCUT2D eigenvalue weighted by atomic mass is 32.1. The third-order valence-electron chi connectivity index (χ3n) is 8.05. The lowest BCUT2D eigenvalue weighted by molar-refractivity contribution is -0.149. The van der Waals surface area contributed by atoms with Crippen LogP contribution < -0.4 is 20.1 Å². The van der Waals surface area contributed by atoms with Gasteiger partial charge < -0.3 is 34.8 Å². The lowest BCUT2D eigenvalue weighted by Crippen LogP contribution is -2.65. The van der Waals surface area contributed by atoms with Crippen LogP contribution in [0.5, 0.6) is 11.5 Å². The van der Waals surface area contributed by atoms with Crippen LogP contribution in [0.2, 0.25) is 0 Å². The molecule has 3 fully saturated rings. The van der Waals surface area contributed by atoms with Gasteiger partial charge in [0.25, 0.3) is 5.91 Å². The number of hydrogen-bond donors (Lipinski definition) is 2. The summed E-state index contributed by atoms with van der Waals surface area (Å²) in [5, 5.41) is 7.03. The molecule has 2 saturated heterocycles. The van der Waals surface area contributed by atoms with Crippen molar-refractivity contribution in [2.75, 3.05) is 52.8 Å². The molecular weight excluding hydrogens is 514 g/mol. The molecule has 0 spiro atoms. The second kappa shape index (κ2) is 11.4. The average Bonchev–Trinajstić information content (AvgIpc) is 3.72. The molecule has 3 aliphatic rings. The van der Waals surface area contributed by atoms with Gasteiger partial charge >= 0.3 is 0 Å². The van der Waals surface area contributed by atoms with Gasteiger partial charge in [-0.2, -0.15) is 0 Å². The van der Waals surface area contributed by atoms with Crippen molar-refractivity contribution < 1.29 is 19.1 Å². The van der Waals surface area contributed by atoms with Crippen molar-refractivity contribution in [3.05, 3.63) is 54.1 Å². The minimum Gasteiger partial charge on any atom is -0.497 e. The second-order valence-electron chi connectivity index (χ2n) is 10.6. The number of methoxy groups -OCH3 is 2. The molecule has 2 aromatic carbocycles. The molecule has 1 aliphatic carbocycles. The number of thiocarbonyl (C=S) groups is 1. The van der Waals surface area contributed by atoms with Gasteiger partial charge in [0.05, 0.1) is 32.5 Å². The molecule has 1 saturated carbocycles. The van der Waals surface area contributed by atoms with Crippen molar-refractivity contribution in [2.24, 2.45) is 0 Å². The van der Waals surface area contributed by atoms with Crippen molar-refractivity contribution in [2.45, 2.75) is 43.3 Å². The van der Waals surface area contributed by atoms with Gasteiger partial charge in [0.1, 0.15) is 17.0 Å². The summed E-state index contributed by atoms with van der Waals surface area (Å²) in [4.78, 5) is 34.3. The van der Waals surface area contributed by atoms with Gasteiger partial charge in [0.15, 0.2) is 5.11 Å². The molecule has 0 aromatic heterocycles. The first-order chi connectivity index (χ1) is 18.8. The zero-order chi connectivity index (χ0) is 27.6. The number of likely N-dealkylation sites (tertiary alicyclic amines) is 1. The van der Waals surface area contributed by atoms with Crippen molar-refractivity contribution in [3.63, 3.8) is 0 Å². The van der Waals surface area contributed by atoms with Crippen LogP contribution in [-0.2, 0) is 9.59 Å². The smallest absolute Gasteiger partial charge is 0.250 e. The number of anilines is 1. The highest BCUT2D eigenvalue weighted by molar-refractivity contribution is 7.80. The van der Waals surface area contributed by atoms with Crippen LogP contribution >= 0.6 is 12.2 Å². The molecule has 2 N–H and O–H groups in total. The van der Waals surface area contributed by atoms with E-state index in [0.717, 1.165) is 31.5 Å². The van der Waals surface area contributed by atoms with Crippen LogP contribution in [0, 0.1) is 0 Å². The second-order valence-corrected chi connectivity index (χ2v) is 11.0.